The summed E-state index contributed by atoms with van der Waals surface area (Å²) in [4.78, 5) is 12.8. The van der Waals surface area contributed by atoms with Crippen LogP contribution in [0.4, 0.5) is 0 Å². The minimum Gasteiger partial charge on any atom is -0.462 e. The van der Waals surface area contributed by atoms with Crippen molar-refractivity contribution in [2.75, 3.05) is 19.7 Å². The van der Waals surface area contributed by atoms with Gasteiger partial charge in [-0.05, 0) is 25.0 Å². The van der Waals surface area contributed by atoms with Crippen LogP contribution in [0.3, 0.4) is 0 Å². The highest BCUT2D eigenvalue weighted by molar-refractivity contribution is 7.84. The molecule has 2 aromatic rings. The molecule has 1 aliphatic heterocycles. The first-order valence-electron chi connectivity index (χ1n) is 9.14. The van der Waals surface area contributed by atoms with Crippen molar-refractivity contribution in [2.45, 2.75) is 44.7 Å². The number of carbonyl (C=O) groups excluding carboxylic acids is 1. The summed E-state index contributed by atoms with van der Waals surface area (Å²) in [7, 11) is -1.43. The second kappa shape index (κ2) is 8.96. The van der Waals surface area contributed by atoms with E-state index in [9.17, 15) is 9.00 Å². The highest BCUT2D eigenvalue weighted by atomic mass is 35.5. The summed E-state index contributed by atoms with van der Waals surface area (Å²) >= 11 is 6.42. The first-order chi connectivity index (χ1) is 13.5. The number of rotatable bonds is 8. The number of aryl methyl sites for hydroxylation is 1. The fourth-order valence-electron chi connectivity index (χ4n) is 2.98. The van der Waals surface area contributed by atoms with Gasteiger partial charge in [0, 0.05) is 30.3 Å². The molecule has 0 radical (unpaired) electrons. The predicted octanol–water partition coefficient (Wildman–Crippen LogP) is 3.57. The Morgan fingerprint density at radius 1 is 1.32 bits per heavy atom. The van der Waals surface area contributed by atoms with Crippen LogP contribution in [0.25, 0.3) is 0 Å². The zero-order chi connectivity index (χ0) is 20.3. The lowest BCUT2D eigenvalue weighted by Gasteiger charge is -2.11. The number of hydrogen-bond donors (Lipinski definition) is 0. The Balaban J connectivity index is 2.02. The normalized spacial score (nSPS) is 13.6. The molecule has 1 aromatic carbocycles. The van der Waals surface area contributed by atoms with Gasteiger partial charge in [0.2, 0.25) is 6.79 Å². The van der Waals surface area contributed by atoms with Crippen molar-refractivity contribution in [1.82, 2.24) is 9.78 Å². The molecule has 0 saturated heterocycles. The van der Waals surface area contributed by atoms with Gasteiger partial charge in [0.25, 0.3) is 0 Å². The Kier molecular flexibility index (Phi) is 6.61. The molecule has 1 aliphatic rings. The van der Waals surface area contributed by atoms with E-state index < -0.39 is 16.8 Å². The lowest BCUT2D eigenvalue weighted by atomic mass is 10.1. The highest BCUT2D eigenvalue weighted by Gasteiger charge is 2.28. The second-order valence-electron chi connectivity index (χ2n) is 6.36. The monoisotopic (exact) mass is 426 g/mol. The summed E-state index contributed by atoms with van der Waals surface area (Å²) < 4.78 is 30.1. The molecule has 1 aromatic heterocycles. The molecule has 0 N–H and O–H groups in total. The lowest BCUT2D eigenvalue weighted by molar-refractivity contribution is 0.0494. The number of hydrogen-bond acceptors (Lipinski definition) is 6. The van der Waals surface area contributed by atoms with Crippen LogP contribution in [0, 0.1) is 0 Å². The molecule has 152 valence electrons. The molecule has 0 aliphatic carbocycles. The van der Waals surface area contributed by atoms with E-state index in [1.54, 1.807) is 16.8 Å². The first kappa shape index (κ1) is 20.7. The molecule has 7 nitrogen and oxygen atoms in total. The maximum absolute atomic E-state index is 12.8. The first-order valence-corrected chi connectivity index (χ1v) is 11.1. The summed E-state index contributed by atoms with van der Waals surface area (Å²) in [6.07, 6.45) is 3.50. The second-order valence-corrected chi connectivity index (χ2v) is 8.06. The molecule has 1 unspecified atom stereocenters. The van der Waals surface area contributed by atoms with Crippen LogP contribution >= 0.6 is 11.6 Å². The zero-order valence-corrected chi connectivity index (χ0v) is 17.7. The van der Waals surface area contributed by atoms with Crippen LogP contribution in [0.2, 0.25) is 5.02 Å². The van der Waals surface area contributed by atoms with E-state index in [1.807, 2.05) is 13.8 Å². The summed E-state index contributed by atoms with van der Waals surface area (Å²) in [5, 5.41) is 5.12. The third-order valence-corrected chi connectivity index (χ3v) is 5.61. The fourth-order valence-corrected chi connectivity index (χ4v) is 3.90. The topological polar surface area (TPSA) is 79.7 Å². The molecular weight excluding hydrogens is 404 g/mol. The van der Waals surface area contributed by atoms with Crippen molar-refractivity contribution in [3.05, 3.63) is 34.0 Å². The number of esters is 1. The SMILES string of the molecule is CCCCOC(=O)c1c(S(C)=O)nn(CC)c1Cc1cc2c(cc1Cl)OCO2. The third-order valence-electron chi connectivity index (χ3n) is 4.43. The van der Waals surface area contributed by atoms with Gasteiger partial charge in [-0.1, -0.05) is 24.9 Å². The number of benzene rings is 1. The average molecular weight is 427 g/mol. The van der Waals surface area contributed by atoms with Crippen LogP contribution in [-0.2, 0) is 28.5 Å². The third kappa shape index (κ3) is 4.17. The number of carbonyl (C=O) groups is 1. The Morgan fingerprint density at radius 3 is 2.68 bits per heavy atom. The quantitative estimate of drug-likeness (QED) is 0.474. The van der Waals surface area contributed by atoms with Crippen LogP contribution in [0.5, 0.6) is 11.5 Å². The Labute approximate surface area is 171 Å². The number of aromatic nitrogens is 2. The minimum absolute atomic E-state index is 0.149. The predicted molar refractivity (Wildman–Crippen MR) is 106 cm³/mol. The molecule has 0 fully saturated rings. The lowest BCUT2D eigenvalue weighted by Crippen LogP contribution is -2.13. The van der Waals surface area contributed by atoms with Crippen molar-refractivity contribution >= 4 is 28.4 Å². The summed E-state index contributed by atoms with van der Waals surface area (Å²) in [6.45, 7) is 4.90. The van der Waals surface area contributed by atoms with Gasteiger partial charge in [-0.25, -0.2) is 4.79 Å². The highest BCUT2D eigenvalue weighted by Crippen LogP contribution is 2.38. The summed E-state index contributed by atoms with van der Waals surface area (Å²) in [6, 6.07) is 3.50. The van der Waals surface area contributed by atoms with E-state index in [2.05, 4.69) is 5.10 Å². The Morgan fingerprint density at radius 2 is 2.04 bits per heavy atom. The molecule has 0 saturated carbocycles. The molecular formula is C19H23ClN2O5S. The molecule has 0 bridgehead atoms. The molecule has 3 rings (SSSR count). The van der Waals surface area contributed by atoms with Crippen molar-refractivity contribution in [2.24, 2.45) is 0 Å². The number of nitrogens with zero attached hydrogens (tertiary/aromatic N) is 2. The van der Waals surface area contributed by atoms with Crippen LogP contribution in [0.15, 0.2) is 17.2 Å². The zero-order valence-electron chi connectivity index (χ0n) is 16.1. The number of halogens is 1. The van der Waals surface area contributed by atoms with Gasteiger partial charge in [0.15, 0.2) is 16.5 Å². The minimum atomic E-state index is -1.43. The van der Waals surface area contributed by atoms with Crippen molar-refractivity contribution in [1.29, 1.82) is 0 Å². The Bertz CT molecular complexity index is 912. The van der Waals surface area contributed by atoms with E-state index in [1.165, 1.54) is 6.26 Å². The van der Waals surface area contributed by atoms with Crippen molar-refractivity contribution in [3.63, 3.8) is 0 Å². The van der Waals surface area contributed by atoms with Crippen LogP contribution < -0.4 is 9.47 Å². The van der Waals surface area contributed by atoms with Crippen molar-refractivity contribution in [3.8, 4) is 11.5 Å². The maximum atomic E-state index is 12.8. The number of unbranched alkanes of at least 4 members (excludes halogenated alkanes) is 1. The smallest absolute Gasteiger partial charge is 0.342 e. The molecule has 1 atom stereocenters. The van der Waals surface area contributed by atoms with E-state index in [0.717, 1.165) is 18.4 Å². The van der Waals surface area contributed by atoms with Crippen molar-refractivity contribution < 1.29 is 23.2 Å². The molecule has 28 heavy (non-hydrogen) atoms. The number of ether oxygens (including phenoxy) is 3. The summed E-state index contributed by atoms with van der Waals surface area (Å²) in [5.41, 5.74) is 1.64. The largest absolute Gasteiger partial charge is 0.462 e. The molecule has 0 spiro atoms. The molecule has 2 heterocycles. The van der Waals surface area contributed by atoms with Gasteiger partial charge in [0.05, 0.1) is 23.1 Å². The number of fused-ring (bicyclic) bond motifs is 1. The van der Waals surface area contributed by atoms with Crippen LogP contribution in [0.1, 0.15) is 48.3 Å². The summed E-state index contributed by atoms with van der Waals surface area (Å²) in [5.74, 6) is 0.686. The van der Waals surface area contributed by atoms with Gasteiger partial charge >= 0.3 is 5.97 Å². The Hall–Kier alpha value is -2.06. The standard InChI is InChI=1S/C19H23ClN2O5S/c1-4-6-7-25-19(23)17-14(22(5-2)21-18(17)28(3)24)8-12-9-15-16(10-13(12)20)27-11-26-15/h9-10H,4-8,11H2,1-3H3. The van der Waals surface area contributed by atoms with E-state index >= 15 is 0 Å². The van der Waals surface area contributed by atoms with E-state index in [0.29, 0.717) is 41.8 Å². The van der Waals surface area contributed by atoms with Crippen LogP contribution in [-0.4, -0.2) is 39.6 Å². The van der Waals surface area contributed by atoms with E-state index in [4.69, 9.17) is 25.8 Å². The fraction of sp³-hybridized carbons (Fsp3) is 0.474. The van der Waals surface area contributed by atoms with E-state index in [-0.39, 0.29) is 17.4 Å². The van der Waals surface area contributed by atoms with Gasteiger partial charge in [-0.3, -0.25) is 8.89 Å². The molecule has 9 heteroatoms. The van der Waals surface area contributed by atoms with Gasteiger partial charge < -0.3 is 14.2 Å². The average Bonchev–Trinajstić information content (AvgIpc) is 3.26. The maximum Gasteiger partial charge on any atom is 0.342 e. The van der Waals surface area contributed by atoms with Gasteiger partial charge in [-0.2, -0.15) is 5.10 Å². The van der Waals surface area contributed by atoms with Gasteiger partial charge in [-0.15, -0.1) is 0 Å². The molecule has 0 amide bonds. The van der Waals surface area contributed by atoms with Gasteiger partial charge in [0.1, 0.15) is 5.56 Å².